The Morgan fingerprint density at radius 2 is 2.13 bits per heavy atom. The van der Waals surface area contributed by atoms with Gasteiger partial charge in [-0.15, -0.1) is 11.8 Å². The zero-order valence-electron chi connectivity index (χ0n) is 17.1. The highest BCUT2D eigenvalue weighted by Crippen LogP contribution is 2.32. The molecule has 162 valence electrons. The summed E-state index contributed by atoms with van der Waals surface area (Å²) in [6, 6.07) is 5.77. The zero-order chi connectivity index (χ0) is 21.7. The fourth-order valence-corrected chi connectivity index (χ4v) is 5.52. The number of aromatic nitrogens is 1. The largest absolute Gasteiger partial charge is 0.481 e. The molecule has 1 aromatic heterocycles. The van der Waals surface area contributed by atoms with Crippen LogP contribution in [0.2, 0.25) is 0 Å². The number of amides is 2. The van der Waals surface area contributed by atoms with Gasteiger partial charge in [-0.2, -0.15) is 0 Å². The minimum atomic E-state index is -0.812. The number of benzene rings is 1. The Labute approximate surface area is 193 Å². The van der Waals surface area contributed by atoms with Crippen LogP contribution >= 0.6 is 39.0 Å². The Kier molecular flexibility index (Phi) is 8.19. The van der Waals surface area contributed by atoms with E-state index in [1.165, 1.54) is 35.9 Å². The Morgan fingerprint density at radius 1 is 1.40 bits per heavy atom. The Morgan fingerprint density at radius 3 is 2.80 bits per heavy atom. The number of rotatable bonds is 8. The molecule has 0 saturated heterocycles. The first-order valence-electron chi connectivity index (χ1n) is 9.99. The second-order valence-electron chi connectivity index (χ2n) is 7.66. The van der Waals surface area contributed by atoms with Crippen molar-refractivity contribution in [2.24, 2.45) is 11.8 Å². The maximum atomic E-state index is 13.1. The summed E-state index contributed by atoms with van der Waals surface area (Å²) in [6.07, 6.45) is 6.44. The molecule has 2 N–H and O–H groups in total. The highest BCUT2D eigenvalue weighted by molar-refractivity contribution is 9.10. The van der Waals surface area contributed by atoms with Crippen LogP contribution in [0.3, 0.4) is 0 Å². The molecule has 6 nitrogen and oxygen atoms in total. The SMILES string of the molecule is Cc1cc(N(CC2CCCC2)C(=O)Nc2ncc(SCC(C)C(=O)O)s2)ccc1Br. The topological polar surface area (TPSA) is 82.5 Å². The molecule has 0 radical (unpaired) electrons. The van der Waals surface area contributed by atoms with Crippen molar-refractivity contribution in [3.05, 3.63) is 34.4 Å². The van der Waals surface area contributed by atoms with Gasteiger partial charge < -0.3 is 5.11 Å². The monoisotopic (exact) mass is 511 g/mol. The molecule has 0 spiro atoms. The molecule has 9 heteroatoms. The number of carboxylic acid groups (broad SMARTS) is 1. The highest BCUT2D eigenvalue weighted by atomic mass is 79.9. The van der Waals surface area contributed by atoms with Crippen molar-refractivity contribution < 1.29 is 14.7 Å². The van der Waals surface area contributed by atoms with E-state index in [1.54, 1.807) is 13.1 Å². The number of thioether (sulfide) groups is 1. The van der Waals surface area contributed by atoms with Gasteiger partial charge in [-0.1, -0.05) is 47.0 Å². The van der Waals surface area contributed by atoms with Gasteiger partial charge in [-0.05, 0) is 49.4 Å². The summed E-state index contributed by atoms with van der Waals surface area (Å²) in [5.74, 6) is -0.262. The van der Waals surface area contributed by atoms with Gasteiger partial charge in [0, 0.05) is 22.5 Å². The molecule has 1 atom stereocenters. The quantitative estimate of drug-likeness (QED) is 0.408. The molecule has 1 fully saturated rings. The minimum absolute atomic E-state index is 0.187. The van der Waals surface area contributed by atoms with Crippen molar-refractivity contribution in [1.82, 2.24) is 4.98 Å². The van der Waals surface area contributed by atoms with Crippen LogP contribution in [-0.2, 0) is 4.79 Å². The third kappa shape index (κ3) is 6.21. The van der Waals surface area contributed by atoms with Crippen LogP contribution in [-0.4, -0.2) is 34.4 Å². The Balaban J connectivity index is 1.70. The molecular formula is C21H26BrN3O3S2. The van der Waals surface area contributed by atoms with Crippen LogP contribution in [0.15, 0.2) is 33.1 Å². The van der Waals surface area contributed by atoms with E-state index in [-0.39, 0.29) is 6.03 Å². The molecular weight excluding hydrogens is 486 g/mol. The van der Waals surface area contributed by atoms with Gasteiger partial charge in [0.05, 0.1) is 16.3 Å². The van der Waals surface area contributed by atoms with Gasteiger partial charge in [0.25, 0.3) is 0 Å². The molecule has 1 unspecified atom stereocenters. The lowest BCUT2D eigenvalue weighted by Gasteiger charge is -2.26. The van der Waals surface area contributed by atoms with E-state index in [2.05, 4.69) is 26.2 Å². The average molecular weight is 512 g/mol. The predicted molar refractivity (Wildman–Crippen MR) is 127 cm³/mol. The molecule has 1 saturated carbocycles. The number of aliphatic carboxylic acids is 1. The van der Waals surface area contributed by atoms with E-state index < -0.39 is 11.9 Å². The summed E-state index contributed by atoms with van der Waals surface area (Å²) < 4.78 is 1.91. The lowest BCUT2D eigenvalue weighted by molar-refractivity contribution is -0.140. The summed E-state index contributed by atoms with van der Waals surface area (Å²) in [5.41, 5.74) is 1.96. The van der Waals surface area contributed by atoms with Crippen LogP contribution in [0.4, 0.5) is 15.6 Å². The number of hydrogen-bond donors (Lipinski definition) is 2. The third-order valence-electron chi connectivity index (χ3n) is 5.21. The van der Waals surface area contributed by atoms with Crippen LogP contribution in [0.25, 0.3) is 0 Å². The Bertz CT molecular complexity index is 899. The number of halogens is 1. The summed E-state index contributed by atoms with van der Waals surface area (Å²) in [5, 5.41) is 12.5. The van der Waals surface area contributed by atoms with E-state index in [0.717, 1.165) is 32.8 Å². The summed E-state index contributed by atoms with van der Waals surface area (Å²) in [4.78, 5) is 30.2. The zero-order valence-corrected chi connectivity index (χ0v) is 20.3. The molecule has 2 amide bonds. The number of urea groups is 1. The highest BCUT2D eigenvalue weighted by Gasteiger charge is 2.24. The molecule has 0 bridgehead atoms. The van der Waals surface area contributed by atoms with Crippen molar-refractivity contribution in [3.8, 4) is 0 Å². The standard InChI is InChI=1S/C21H26BrN3O3S2/c1-13-9-16(7-8-17(13)22)25(11-15-5-3-4-6-15)21(28)24-20-23-10-18(30-20)29-12-14(2)19(26)27/h7-10,14-15H,3-6,11-12H2,1-2H3,(H,26,27)(H,23,24,28). The second-order valence-corrected chi connectivity index (χ2v) is 10.9. The van der Waals surface area contributed by atoms with Gasteiger partial charge in [0.2, 0.25) is 0 Å². The van der Waals surface area contributed by atoms with Crippen molar-refractivity contribution in [2.75, 3.05) is 22.5 Å². The molecule has 1 aliphatic carbocycles. The molecule has 1 heterocycles. The fourth-order valence-electron chi connectivity index (χ4n) is 3.37. The van der Waals surface area contributed by atoms with Gasteiger partial charge in [-0.25, -0.2) is 9.78 Å². The van der Waals surface area contributed by atoms with E-state index in [4.69, 9.17) is 5.11 Å². The number of carbonyl (C=O) groups is 2. The number of thiazole rings is 1. The Hall–Kier alpha value is -1.58. The van der Waals surface area contributed by atoms with Gasteiger partial charge >= 0.3 is 12.0 Å². The lowest BCUT2D eigenvalue weighted by Crippen LogP contribution is -2.38. The van der Waals surface area contributed by atoms with E-state index in [1.807, 2.05) is 30.0 Å². The molecule has 3 rings (SSSR count). The van der Waals surface area contributed by atoms with Gasteiger partial charge in [-0.3, -0.25) is 15.0 Å². The van der Waals surface area contributed by atoms with Gasteiger partial charge in [0.1, 0.15) is 0 Å². The number of anilines is 2. The van der Waals surface area contributed by atoms with E-state index in [9.17, 15) is 9.59 Å². The maximum Gasteiger partial charge on any atom is 0.328 e. The van der Waals surface area contributed by atoms with Crippen LogP contribution in [0, 0.1) is 18.8 Å². The minimum Gasteiger partial charge on any atom is -0.481 e. The lowest BCUT2D eigenvalue weighted by atomic mass is 10.1. The van der Waals surface area contributed by atoms with Crippen molar-refractivity contribution in [2.45, 2.75) is 43.7 Å². The van der Waals surface area contributed by atoms with Gasteiger partial charge in [0.15, 0.2) is 5.13 Å². The first kappa shape index (κ1) is 23.1. The molecule has 0 aliphatic heterocycles. The summed E-state index contributed by atoms with van der Waals surface area (Å²) in [7, 11) is 0. The number of nitrogens with one attached hydrogen (secondary N) is 1. The first-order chi connectivity index (χ1) is 14.3. The number of hydrogen-bond acceptors (Lipinski definition) is 5. The first-order valence-corrected chi connectivity index (χ1v) is 12.6. The number of carboxylic acids is 1. The fraction of sp³-hybridized carbons (Fsp3) is 0.476. The number of nitrogens with zero attached hydrogens (tertiary/aromatic N) is 2. The van der Waals surface area contributed by atoms with Crippen molar-refractivity contribution in [3.63, 3.8) is 0 Å². The molecule has 1 aromatic carbocycles. The third-order valence-corrected chi connectivity index (χ3v) is 8.47. The van der Waals surface area contributed by atoms with E-state index in [0.29, 0.717) is 23.3 Å². The molecule has 30 heavy (non-hydrogen) atoms. The van der Waals surface area contributed by atoms with E-state index >= 15 is 0 Å². The number of aryl methyl sites for hydroxylation is 1. The summed E-state index contributed by atoms with van der Waals surface area (Å²) >= 11 is 6.34. The molecule has 2 aromatic rings. The van der Waals surface area contributed by atoms with Crippen molar-refractivity contribution >= 4 is 61.8 Å². The predicted octanol–water partition coefficient (Wildman–Crippen LogP) is 6.26. The van der Waals surface area contributed by atoms with Crippen LogP contribution in [0.1, 0.15) is 38.2 Å². The molecule has 1 aliphatic rings. The second kappa shape index (κ2) is 10.6. The smallest absolute Gasteiger partial charge is 0.328 e. The maximum absolute atomic E-state index is 13.1. The summed E-state index contributed by atoms with van der Waals surface area (Å²) in [6.45, 7) is 4.39. The normalized spacial score (nSPS) is 15.2. The van der Waals surface area contributed by atoms with Crippen molar-refractivity contribution in [1.29, 1.82) is 0 Å². The number of carbonyl (C=O) groups excluding carboxylic acids is 1. The van der Waals surface area contributed by atoms with Crippen LogP contribution < -0.4 is 10.2 Å². The van der Waals surface area contributed by atoms with Crippen LogP contribution in [0.5, 0.6) is 0 Å². The average Bonchev–Trinajstić information content (AvgIpc) is 3.38.